The lowest BCUT2D eigenvalue weighted by molar-refractivity contribution is 0.0947. The van der Waals surface area contributed by atoms with Crippen LogP contribution in [0.2, 0.25) is 0 Å². The van der Waals surface area contributed by atoms with E-state index in [1.807, 2.05) is 31.2 Å². The van der Waals surface area contributed by atoms with Gasteiger partial charge < -0.3 is 5.32 Å². The van der Waals surface area contributed by atoms with Gasteiger partial charge in [-0.15, -0.1) is 11.8 Å². The normalized spacial score (nSPS) is 11.2. The molecule has 0 aliphatic rings. The van der Waals surface area contributed by atoms with Crippen molar-refractivity contribution < 1.29 is 13.2 Å². The Labute approximate surface area is 175 Å². The molecule has 1 amide bonds. The Morgan fingerprint density at radius 3 is 2.48 bits per heavy atom. The molecule has 0 saturated heterocycles. The molecule has 0 fully saturated rings. The zero-order chi connectivity index (χ0) is 20.7. The van der Waals surface area contributed by atoms with Gasteiger partial charge in [-0.3, -0.25) is 4.79 Å². The highest BCUT2D eigenvalue weighted by atomic mass is 32.2. The fourth-order valence-corrected chi connectivity index (χ4v) is 5.42. The molecule has 3 rings (SSSR count). The van der Waals surface area contributed by atoms with Gasteiger partial charge in [-0.1, -0.05) is 42.5 Å². The van der Waals surface area contributed by atoms with Gasteiger partial charge in [0, 0.05) is 18.5 Å². The number of carbonyl (C=O) groups is 1. The molecule has 2 aromatic carbocycles. The molecule has 0 saturated carbocycles. The Kier molecular flexibility index (Phi) is 7.06. The van der Waals surface area contributed by atoms with Crippen LogP contribution in [-0.2, 0) is 16.4 Å². The first kappa shape index (κ1) is 21.1. The minimum absolute atomic E-state index is 0.0253. The summed E-state index contributed by atoms with van der Waals surface area (Å²) in [6.07, 6.45) is 1.60. The van der Waals surface area contributed by atoms with Crippen molar-refractivity contribution in [3.05, 3.63) is 89.6 Å². The quantitative estimate of drug-likeness (QED) is 0.553. The second-order valence-electron chi connectivity index (χ2n) is 6.45. The van der Waals surface area contributed by atoms with E-state index in [2.05, 4.69) is 10.3 Å². The summed E-state index contributed by atoms with van der Waals surface area (Å²) < 4.78 is 24.8. The predicted octanol–water partition coefficient (Wildman–Crippen LogP) is 3.89. The van der Waals surface area contributed by atoms with Crippen LogP contribution >= 0.6 is 11.8 Å². The van der Waals surface area contributed by atoms with Crippen LogP contribution in [0.15, 0.2) is 82.8 Å². The monoisotopic (exact) mass is 426 g/mol. The number of hydrogen-bond acceptors (Lipinski definition) is 5. The van der Waals surface area contributed by atoms with Crippen LogP contribution in [0.3, 0.4) is 0 Å². The summed E-state index contributed by atoms with van der Waals surface area (Å²) in [5.74, 6) is 0.0595. The number of amides is 1. The van der Waals surface area contributed by atoms with E-state index in [1.165, 1.54) is 11.8 Å². The lowest BCUT2D eigenvalue weighted by Gasteiger charge is -2.10. The summed E-state index contributed by atoms with van der Waals surface area (Å²) in [6.45, 7) is 2.42. The number of aryl methyl sites for hydroxylation is 1. The molecule has 0 aliphatic heterocycles. The van der Waals surface area contributed by atoms with Gasteiger partial charge in [0.15, 0.2) is 9.84 Å². The molecule has 0 spiro atoms. The summed E-state index contributed by atoms with van der Waals surface area (Å²) in [6, 6.07) is 19.6. The molecule has 29 heavy (non-hydrogen) atoms. The van der Waals surface area contributed by atoms with Crippen molar-refractivity contribution in [3.63, 3.8) is 0 Å². The number of pyridine rings is 1. The van der Waals surface area contributed by atoms with E-state index in [9.17, 15) is 13.2 Å². The number of rotatable bonds is 8. The molecule has 1 aromatic heterocycles. The molecule has 0 aliphatic carbocycles. The van der Waals surface area contributed by atoms with Gasteiger partial charge >= 0.3 is 0 Å². The summed E-state index contributed by atoms with van der Waals surface area (Å²) in [5, 5.41) is 3.44. The minimum atomic E-state index is -3.36. The summed E-state index contributed by atoms with van der Waals surface area (Å²) in [5.41, 5.74) is 2.61. The maximum Gasteiger partial charge on any atom is 0.254 e. The van der Waals surface area contributed by atoms with Gasteiger partial charge in [0.2, 0.25) is 0 Å². The highest BCUT2D eigenvalue weighted by Crippen LogP contribution is 2.22. The zero-order valence-electron chi connectivity index (χ0n) is 16.0. The van der Waals surface area contributed by atoms with Crippen molar-refractivity contribution in [2.45, 2.75) is 23.4 Å². The van der Waals surface area contributed by atoms with Crippen molar-refractivity contribution in [2.75, 3.05) is 11.5 Å². The zero-order valence-corrected chi connectivity index (χ0v) is 17.7. The molecule has 1 N–H and O–H groups in total. The first-order chi connectivity index (χ1) is 14.0. The van der Waals surface area contributed by atoms with Crippen molar-refractivity contribution in [1.82, 2.24) is 10.3 Å². The summed E-state index contributed by atoms with van der Waals surface area (Å²) >= 11 is 1.27. The van der Waals surface area contributed by atoms with Gasteiger partial charge in [-0.25, -0.2) is 13.4 Å². The highest BCUT2D eigenvalue weighted by molar-refractivity contribution is 8.00. The number of sulfone groups is 1. The molecular weight excluding hydrogens is 404 g/mol. The maximum atomic E-state index is 12.6. The Balaban J connectivity index is 1.63. The van der Waals surface area contributed by atoms with E-state index in [0.717, 1.165) is 11.1 Å². The van der Waals surface area contributed by atoms with Gasteiger partial charge in [0.25, 0.3) is 5.91 Å². The third-order valence-electron chi connectivity index (χ3n) is 4.41. The number of carbonyl (C=O) groups excluding carboxylic acids is 1. The summed E-state index contributed by atoms with van der Waals surface area (Å²) in [7, 11) is -3.36. The van der Waals surface area contributed by atoms with Gasteiger partial charge in [-0.2, -0.15) is 0 Å². The number of benzene rings is 2. The van der Waals surface area contributed by atoms with Crippen LogP contribution in [-0.4, -0.2) is 30.8 Å². The maximum absolute atomic E-state index is 12.6. The Morgan fingerprint density at radius 1 is 1.00 bits per heavy atom. The van der Waals surface area contributed by atoms with E-state index >= 15 is 0 Å². The number of nitrogens with one attached hydrogen (secondary N) is 1. The van der Waals surface area contributed by atoms with Crippen LogP contribution in [0.5, 0.6) is 0 Å². The van der Waals surface area contributed by atoms with Crippen LogP contribution in [0.25, 0.3) is 0 Å². The average molecular weight is 427 g/mol. The lowest BCUT2D eigenvalue weighted by atomic mass is 10.1. The van der Waals surface area contributed by atoms with Gasteiger partial charge in [-0.05, 0) is 42.3 Å². The Hall–Kier alpha value is -2.64. The van der Waals surface area contributed by atoms with Crippen LogP contribution < -0.4 is 5.32 Å². The first-order valence-electron chi connectivity index (χ1n) is 9.16. The van der Waals surface area contributed by atoms with Gasteiger partial charge in [0.1, 0.15) is 5.03 Å². The molecule has 7 heteroatoms. The predicted molar refractivity (Wildman–Crippen MR) is 116 cm³/mol. The first-order valence-corrected chi connectivity index (χ1v) is 11.8. The third-order valence-corrected chi connectivity index (χ3v) is 7.41. The molecule has 150 valence electrons. The largest absolute Gasteiger partial charge is 0.348 e. The number of aromatic nitrogens is 1. The van der Waals surface area contributed by atoms with Crippen molar-refractivity contribution in [2.24, 2.45) is 0 Å². The van der Waals surface area contributed by atoms with Crippen molar-refractivity contribution >= 4 is 27.5 Å². The Bertz CT molecular complexity index is 1080. The van der Waals surface area contributed by atoms with Crippen LogP contribution in [0.4, 0.5) is 0 Å². The van der Waals surface area contributed by atoms with Crippen LogP contribution in [0, 0.1) is 6.92 Å². The fourth-order valence-electron chi connectivity index (χ4n) is 2.75. The topological polar surface area (TPSA) is 76.1 Å². The molecule has 5 nitrogen and oxygen atoms in total. The Morgan fingerprint density at radius 2 is 1.72 bits per heavy atom. The molecule has 3 aromatic rings. The minimum Gasteiger partial charge on any atom is -0.348 e. The molecular formula is C22H22N2O3S2. The van der Waals surface area contributed by atoms with E-state index in [-0.39, 0.29) is 11.7 Å². The second-order valence-corrected chi connectivity index (χ2v) is 9.64. The highest BCUT2D eigenvalue weighted by Gasteiger charge is 2.17. The van der Waals surface area contributed by atoms with Crippen LogP contribution in [0.1, 0.15) is 21.5 Å². The van der Waals surface area contributed by atoms with Crippen molar-refractivity contribution in [3.8, 4) is 0 Å². The van der Waals surface area contributed by atoms with E-state index in [4.69, 9.17) is 0 Å². The SMILES string of the molecule is Cc1ccccc1CNC(=O)c1cccnc1SCCS(=O)(=O)c1ccccc1. The van der Waals surface area contributed by atoms with E-state index < -0.39 is 9.84 Å². The number of hydrogen-bond donors (Lipinski definition) is 1. The number of thioether (sulfide) groups is 1. The molecule has 0 bridgehead atoms. The third kappa shape index (κ3) is 5.68. The van der Waals surface area contributed by atoms with E-state index in [0.29, 0.717) is 27.8 Å². The molecule has 0 unspecified atom stereocenters. The molecule has 0 radical (unpaired) electrons. The average Bonchev–Trinajstić information content (AvgIpc) is 2.74. The standard InChI is InChI=1S/C22H22N2O3S2/c1-17-8-5-6-9-18(17)16-24-21(25)20-12-7-13-23-22(20)28-14-15-29(26,27)19-10-3-2-4-11-19/h2-13H,14-16H2,1H3,(H,24,25). The molecule has 0 atom stereocenters. The lowest BCUT2D eigenvalue weighted by Crippen LogP contribution is -2.24. The second kappa shape index (κ2) is 9.71. The molecule has 1 heterocycles. The van der Waals surface area contributed by atoms with Gasteiger partial charge in [0.05, 0.1) is 16.2 Å². The smallest absolute Gasteiger partial charge is 0.254 e. The van der Waals surface area contributed by atoms with E-state index in [1.54, 1.807) is 48.7 Å². The summed E-state index contributed by atoms with van der Waals surface area (Å²) in [4.78, 5) is 17.2. The fraction of sp³-hybridized carbons (Fsp3) is 0.182. The number of nitrogens with zero attached hydrogens (tertiary/aromatic N) is 1. The van der Waals surface area contributed by atoms with Crippen molar-refractivity contribution in [1.29, 1.82) is 0 Å².